The van der Waals surface area contributed by atoms with E-state index >= 15 is 0 Å². The van der Waals surface area contributed by atoms with Gasteiger partial charge in [0, 0.05) is 18.7 Å². The van der Waals surface area contributed by atoms with Crippen molar-refractivity contribution in [1.29, 1.82) is 0 Å². The first-order chi connectivity index (χ1) is 15.6. The first-order valence-electron chi connectivity index (χ1n) is 11.1. The Kier molecular flexibility index (Phi) is 5.64. The van der Waals surface area contributed by atoms with Crippen LogP contribution < -0.4 is 14.4 Å². The zero-order chi connectivity index (χ0) is 25.1. The van der Waals surface area contributed by atoms with Crippen molar-refractivity contribution in [2.24, 2.45) is 5.92 Å². The number of hydrogen-bond donors (Lipinski definition) is 0. The fourth-order valence-electron chi connectivity index (χ4n) is 3.63. The molecule has 1 unspecified atom stereocenters. The fourth-order valence-corrected chi connectivity index (χ4v) is 3.63. The lowest BCUT2D eigenvalue weighted by molar-refractivity contribution is -0.0137. The molecule has 0 aliphatic carbocycles. The molecule has 0 N–H and O–H groups in total. The van der Waals surface area contributed by atoms with Crippen LogP contribution >= 0.6 is 0 Å². The van der Waals surface area contributed by atoms with Crippen LogP contribution in [0.2, 0.25) is 0 Å². The molecule has 0 radical (unpaired) electrons. The highest BCUT2D eigenvalue weighted by Crippen LogP contribution is 2.39. The van der Waals surface area contributed by atoms with Crippen molar-refractivity contribution < 1.29 is 22.6 Å². The summed E-state index contributed by atoms with van der Waals surface area (Å²) in [5.74, 6) is -4.27. The molecule has 0 saturated carbocycles. The highest BCUT2D eigenvalue weighted by Gasteiger charge is 2.46. The summed E-state index contributed by atoms with van der Waals surface area (Å²) in [5, 5.41) is 4.35. The van der Waals surface area contributed by atoms with Crippen molar-refractivity contribution in [3.05, 3.63) is 24.4 Å². The van der Waals surface area contributed by atoms with E-state index in [9.17, 15) is 13.2 Å². The van der Waals surface area contributed by atoms with Gasteiger partial charge in [0.1, 0.15) is 16.9 Å². The van der Waals surface area contributed by atoms with Gasteiger partial charge >= 0.3 is 6.01 Å². The molecule has 1 aliphatic rings. The van der Waals surface area contributed by atoms with Gasteiger partial charge in [-0.25, -0.2) is 18.7 Å². The maximum absolute atomic E-state index is 14.5. The molecule has 34 heavy (non-hydrogen) atoms. The van der Waals surface area contributed by atoms with Gasteiger partial charge < -0.3 is 14.4 Å². The van der Waals surface area contributed by atoms with Gasteiger partial charge in [0.15, 0.2) is 5.65 Å². The normalized spacial score (nSPS) is 18.5. The average Bonchev–Trinajstić information content (AvgIpc) is 3.18. The number of fused-ring (bicyclic) bond motifs is 1. The monoisotopic (exact) mass is 478 g/mol. The van der Waals surface area contributed by atoms with Gasteiger partial charge in [-0.2, -0.15) is 19.0 Å². The predicted octanol–water partition coefficient (Wildman–Crippen LogP) is 4.77. The molecule has 0 spiro atoms. The van der Waals surface area contributed by atoms with E-state index in [1.54, 1.807) is 6.07 Å². The van der Waals surface area contributed by atoms with Crippen molar-refractivity contribution in [3.8, 4) is 23.1 Å². The topological polar surface area (TPSA) is 77.7 Å². The third-order valence-corrected chi connectivity index (χ3v) is 5.17. The summed E-state index contributed by atoms with van der Waals surface area (Å²) in [7, 11) is 0. The molecule has 1 fully saturated rings. The van der Waals surface area contributed by atoms with Gasteiger partial charge in [-0.1, -0.05) is 6.92 Å². The number of rotatable bonds is 4. The highest BCUT2D eigenvalue weighted by molar-refractivity contribution is 5.76. The van der Waals surface area contributed by atoms with E-state index in [2.05, 4.69) is 20.1 Å². The number of ether oxygens (including phenoxy) is 2. The van der Waals surface area contributed by atoms with Crippen LogP contribution in [0.15, 0.2) is 18.5 Å². The lowest BCUT2D eigenvalue weighted by atomic mass is 10.1. The van der Waals surface area contributed by atoms with E-state index in [1.165, 1.54) is 18.0 Å². The smallest absolute Gasteiger partial charge is 0.320 e. The van der Waals surface area contributed by atoms with Gasteiger partial charge in [-0.15, -0.1) is 0 Å². The van der Waals surface area contributed by atoms with Crippen LogP contribution in [0, 0.1) is 11.9 Å². The van der Waals surface area contributed by atoms with E-state index in [4.69, 9.17) is 9.47 Å². The molecule has 11 heteroatoms. The Bertz CT molecular complexity index is 1220. The van der Waals surface area contributed by atoms with E-state index in [0.29, 0.717) is 11.3 Å². The van der Waals surface area contributed by atoms with Crippen molar-refractivity contribution in [1.82, 2.24) is 24.6 Å². The highest BCUT2D eigenvalue weighted by atomic mass is 19.3. The van der Waals surface area contributed by atoms with Gasteiger partial charge in [0.05, 0.1) is 24.0 Å². The molecule has 1 atom stereocenters. The number of imidazole rings is 1. The molecule has 4 rings (SSSR count). The van der Waals surface area contributed by atoms with Crippen LogP contribution in [-0.4, -0.2) is 54.8 Å². The molecule has 0 bridgehead atoms. The lowest BCUT2D eigenvalue weighted by Crippen LogP contribution is -2.27. The zero-order valence-electron chi connectivity index (χ0n) is 20.4. The Morgan fingerprint density at radius 2 is 1.71 bits per heavy atom. The summed E-state index contributed by atoms with van der Waals surface area (Å²) in [4.78, 5) is 14.3. The van der Waals surface area contributed by atoms with E-state index < -0.39 is 35.5 Å². The molecule has 3 aromatic heterocycles. The van der Waals surface area contributed by atoms with Crippen LogP contribution in [0.5, 0.6) is 11.9 Å². The maximum Gasteiger partial charge on any atom is 0.320 e. The summed E-state index contributed by atoms with van der Waals surface area (Å²) in [6.07, 6.45) is 2.49. The van der Waals surface area contributed by atoms with Crippen molar-refractivity contribution in [2.75, 3.05) is 18.0 Å². The molecule has 0 amide bonds. The Morgan fingerprint density at radius 3 is 2.29 bits per heavy atom. The first kappa shape index (κ1) is 24.0. The summed E-state index contributed by atoms with van der Waals surface area (Å²) in [6.45, 7) is 12.3. The quantitative estimate of drug-likeness (QED) is 0.534. The molecule has 8 nitrogen and oxygen atoms in total. The minimum absolute atomic E-state index is 0.0980. The molecule has 1 aliphatic heterocycles. The van der Waals surface area contributed by atoms with Gasteiger partial charge in [0.2, 0.25) is 11.8 Å². The first-order valence-corrected chi connectivity index (χ1v) is 11.1. The molecular weight excluding hydrogens is 449 g/mol. The second-order valence-electron chi connectivity index (χ2n) is 10.6. The molecular formula is C23H29F3N6O2. The minimum atomic E-state index is -2.87. The largest absolute Gasteiger partial charge is 0.471 e. The molecule has 1 saturated heterocycles. The SMILES string of the molecule is CC1CN(c2cc(-c3cnc(OC(C)(C)C)nc3OC(C)(C)C)nn3c(F)cnc23)CC1(F)F. The Balaban J connectivity index is 1.87. The van der Waals surface area contributed by atoms with Crippen LogP contribution in [0.25, 0.3) is 16.9 Å². The number of alkyl halides is 2. The third kappa shape index (κ3) is 4.88. The van der Waals surface area contributed by atoms with Crippen LogP contribution in [0.3, 0.4) is 0 Å². The third-order valence-electron chi connectivity index (χ3n) is 5.17. The van der Waals surface area contributed by atoms with Crippen LogP contribution in [0.1, 0.15) is 48.5 Å². The summed E-state index contributed by atoms with van der Waals surface area (Å²) >= 11 is 0. The number of hydrogen-bond acceptors (Lipinski definition) is 7. The van der Waals surface area contributed by atoms with Crippen molar-refractivity contribution in [2.45, 2.75) is 65.6 Å². The van der Waals surface area contributed by atoms with E-state index in [1.807, 2.05) is 41.5 Å². The number of halogens is 3. The number of anilines is 1. The lowest BCUT2D eigenvalue weighted by Gasteiger charge is -2.24. The molecule has 184 valence electrons. The minimum Gasteiger partial charge on any atom is -0.471 e. The summed E-state index contributed by atoms with van der Waals surface area (Å²) in [5.41, 5.74) is -0.0486. The van der Waals surface area contributed by atoms with Crippen LogP contribution in [0.4, 0.5) is 18.9 Å². The van der Waals surface area contributed by atoms with Crippen molar-refractivity contribution in [3.63, 3.8) is 0 Å². The van der Waals surface area contributed by atoms with E-state index in [-0.39, 0.29) is 29.8 Å². The van der Waals surface area contributed by atoms with Gasteiger partial charge in [-0.05, 0) is 47.6 Å². The maximum atomic E-state index is 14.5. The van der Waals surface area contributed by atoms with Crippen molar-refractivity contribution >= 4 is 11.3 Å². The Hall–Kier alpha value is -3.11. The fraction of sp³-hybridized carbons (Fsp3) is 0.565. The van der Waals surface area contributed by atoms with E-state index in [0.717, 1.165) is 10.7 Å². The Labute approximate surface area is 196 Å². The molecule has 3 aromatic rings. The number of aromatic nitrogens is 5. The molecule has 4 heterocycles. The molecule has 0 aromatic carbocycles. The summed E-state index contributed by atoms with van der Waals surface area (Å²) in [6, 6.07) is 1.70. The predicted molar refractivity (Wildman–Crippen MR) is 121 cm³/mol. The zero-order valence-corrected chi connectivity index (χ0v) is 20.4. The number of nitrogens with zero attached hydrogens (tertiary/aromatic N) is 6. The van der Waals surface area contributed by atoms with Gasteiger partial charge in [0.25, 0.3) is 5.92 Å². The standard InChI is InChI=1S/C23H29F3N6O2/c1-13-11-31(12-23(13,25)26)16-8-15(30-32-17(24)10-27-18(16)32)14-9-28-20(34-22(5,6)7)29-19(14)33-21(2,3)4/h8-10,13H,11-12H2,1-7H3. The second kappa shape index (κ2) is 7.99. The van der Waals surface area contributed by atoms with Crippen LogP contribution in [-0.2, 0) is 0 Å². The van der Waals surface area contributed by atoms with Gasteiger partial charge in [-0.3, -0.25) is 0 Å². The average molecular weight is 479 g/mol. The summed E-state index contributed by atoms with van der Waals surface area (Å²) < 4.78 is 56.0. The Morgan fingerprint density at radius 1 is 1.03 bits per heavy atom. The second-order valence-corrected chi connectivity index (χ2v) is 10.6.